The second-order valence-electron chi connectivity index (χ2n) is 8.43. The molecule has 0 saturated heterocycles. The Morgan fingerprint density at radius 3 is 2.59 bits per heavy atom. The van der Waals surface area contributed by atoms with Gasteiger partial charge in [0.05, 0.1) is 35.9 Å². The summed E-state index contributed by atoms with van der Waals surface area (Å²) in [6.45, 7) is -0.0223. The fraction of sp³-hybridized carbons (Fsp3) is 0.192. The SMILES string of the molecule is COc1cc(Cl)c(-c2cnc(C(F)(F)F)cc2C#N)cc1C(=O)N(C)c1c(F)cccc1OCCc1n[nH]c(=O)[nH]1. The van der Waals surface area contributed by atoms with Gasteiger partial charge in [0.2, 0.25) is 0 Å². The van der Waals surface area contributed by atoms with Crippen LogP contribution >= 0.6 is 11.6 Å². The first kappa shape index (κ1) is 29.1. The molecule has 0 fully saturated rings. The monoisotopic (exact) mass is 590 g/mol. The van der Waals surface area contributed by atoms with Gasteiger partial charge in [-0.25, -0.2) is 14.3 Å². The molecule has 0 spiro atoms. The summed E-state index contributed by atoms with van der Waals surface area (Å²) in [5, 5.41) is 15.5. The van der Waals surface area contributed by atoms with Crippen molar-refractivity contribution in [3.05, 3.63) is 86.6 Å². The number of anilines is 1. The minimum atomic E-state index is -4.79. The average Bonchev–Trinajstić information content (AvgIpc) is 3.36. The number of carbonyl (C=O) groups is 1. The Morgan fingerprint density at radius 1 is 1.20 bits per heavy atom. The van der Waals surface area contributed by atoms with Gasteiger partial charge in [0.25, 0.3) is 5.91 Å². The predicted molar refractivity (Wildman–Crippen MR) is 138 cm³/mol. The molecule has 4 rings (SSSR count). The van der Waals surface area contributed by atoms with E-state index in [-0.39, 0.29) is 57.5 Å². The van der Waals surface area contributed by atoms with Gasteiger partial charge < -0.3 is 14.4 Å². The van der Waals surface area contributed by atoms with Crippen molar-refractivity contribution in [3.8, 4) is 28.7 Å². The lowest BCUT2D eigenvalue weighted by atomic mass is 9.98. The highest BCUT2D eigenvalue weighted by molar-refractivity contribution is 6.34. The second-order valence-corrected chi connectivity index (χ2v) is 8.84. The molecule has 0 aliphatic heterocycles. The Hall–Kier alpha value is -4.90. The Balaban J connectivity index is 1.71. The highest BCUT2D eigenvalue weighted by atomic mass is 35.5. The number of halogens is 5. The summed E-state index contributed by atoms with van der Waals surface area (Å²) in [4.78, 5) is 31.7. The quantitative estimate of drug-likeness (QED) is 0.283. The van der Waals surface area contributed by atoms with Crippen LogP contribution in [0.25, 0.3) is 11.1 Å². The van der Waals surface area contributed by atoms with E-state index in [2.05, 4.69) is 20.2 Å². The molecule has 0 atom stereocenters. The number of methoxy groups -OCH3 is 1. The van der Waals surface area contributed by atoms with E-state index in [1.165, 1.54) is 38.4 Å². The van der Waals surface area contributed by atoms with Crippen LogP contribution in [0.5, 0.6) is 11.5 Å². The fourth-order valence-electron chi connectivity index (χ4n) is 3.92. The van der Waals surface area contributed by atoms with Crippen LogP contribution in [0.3, 0.4) is 0 Å². The van der Waals surface area contributed by atoms with Crippen molar-refractivity contribution in [1.29, 1.82) is 5.26 Å². The third kappa shape index (κ3) is 6.15. The Labute approximate surface area is 234 Å². The lowest BCUT2D eigenvalue weighted by molar-refractivity contribution is -0.141. The van der Waals surface area contributed by atoms with Gasteiger partial charge in [-0.2, -0.15) is 23.5 Å². The molecular formula is C26H19ClF4N6O4. The minimum absolute atomic E-state index is 0.00518. The number of aromatic amines is 2. The molecule has 41 heavy (non-hydrogen) atoms. The van der Waals surface area contributed by atoms with E-state index >= 15 is 4.39 Å². The number of aromatic nitrogens is 4. The van der Waals surface area contributed by atoms with Crippen molar-refractivity contribution in [2.24, 2.45) is 0 Å². The van der Waals surface area contributed by atoms with Crippen LogP contribution in [-0.2, 0) is 12.6 Å². The Kier molecular flexibility index (Phi) is 8.29. The summed E-state index contributed by atoms with van der Waals surface area (Å²) in [5.41, 5.74) is -2.54. The van der Waals surface area contributed by atoms with Crippen LogP contribution in [-0.4, -0.2) is 46.8 Å². The standard InChI is InChI=1S/C26H19ClF4N6O4/c1-37(23-18(28)4-3-5-19(23)41-7-6-22-34-25(39)36-35-22)24(38)15-9-14(17(27)10-20(15)40-2)16-12-33-21(26(29,30)31)8-13(16)11-32/h3-5,8-10,12H,6-7H2,1-2H3,(H2,34,35,36,39). The number of nitriles is 1. The summed E-state index contributed by atoms with van der Waals surface area (Å²) < 4.78 is 65.4. The van der Waals surface area contributed by atoms with Crippen LogP contribution in [0.1, 0.15) is 27.4 Å². The number of H-pyrrole nitrogens is 2. The van der Waals surface area contributed by atoms with Crippen molar-refractivity contribution >= 4 is 23.2 Å². The van der Waals surface area contributed by atoms with E-state index < -0.39 is 29.3 Å². The number of rotatable bonds is 8. The molecule has 15 heteroatoms. The van der Waals surface area contributed by atoms with Gasteiger partial charge in [-0.3, -0.25) is 14.8 Å². The number of carbonyl (C=O) groups excluding carboxylic acids is 1. The smallest absolute Gasteiger partial charge is 0.433 e. The molecule has 0 saturated carbocycles. The number of nitrogens with zero attached hydrogens (tertiary/aromatic N) is 4. The first-order valence-corrected chi connectivity index (χ1v) is 12.0. The Morgan fingerprint density at radius 2 is 1.95 bits per heavy atom. The van der Waals surface area contributed by atoms with Gasteiger partial charge in [-0.05, 0) is 24.3 Å². The van der Waals surface area contributed by atoms with E-state index in [0.717, 1.165) is 17.2 Å². The molecule has 0 unspecified atom stereocenters. The molecule has 10 nitrogen and oxygen atoms in total. The predicted octanol–water partition coefficient (Wildman–Crippen LogP) is 4.75. The summed E-state index contributed by atoms with van der Waals surface area (Å²) in [6.07, 6.45) is -3.78. The van der Waals surface area contributed by atoms with Gasteiger partial charge >= 0.3 is 11.9 Å². The van der Waals surface area contributed by atoms with Crippen LogP contribution in [0.2, 0.25) is 5.02 Å². The molecule has 2 aromatic carbocycles. The molecular weight excluding hydrogens is 572 g/mol. The largest absolute Gasteiger partial charge is 0.496 e. The molecule has 2 N–H and O–H groups in total. The lowest BCUT2D eigenvalue weighted by Gasteiger charge is -2.23. The molecule has 212 valence electrons. The summed E-state index contributed by atoms with van der Waals surface area (Å²) >= 11 is 6.36. The molecule has 0 radical (unpaired) electrons. The number of hydrogen-bond acceptors (Lipinski definition) is 7. The van der Waals surface area contributed by atoms with Crippen molar-refractivity contribution in [3.63, 3.8) is 0 Å². The first-order valence-electron chi connectivity index (χ1n) is 11.6. The van der Waals surface area contributed by atoms with Crippen LogP contribution in [0.15, 0.2) is 47.4 Å². The van der Waals surface area contributed by atoms with Gasteiger partial charge in [-0.15, -0.1) is 0 Å². The van der Waals surface area contributed by atoms with Crippen molar-refractivity contribution in [2.75, 3.05) is 25.7 Å². The second kappa shape index (κ2) is 11.7. The van der Waals surface area contributed by atoms with Gasteiger partial charge in [0, 0.05) is 36.9 Å². The van der Waals surface area contributed by atoms with Crippen LogP contribution in [0, 0.1) is 17.1 Å². The maximum Gasteiger partial charge on any atom is 0.433 e. The molecule has 0 bridgehead atoms. The highest BCUT2D eigenvalue weighted by Gasteiger charge is 2.33. The number of nitrogens with one attached hydrogen (secondary N) is 2. The molecule has 0 aliphatic carbocycles. The zero-order chi connectivity index (χ0) is 29.9. The average molecular weight is 591 g/mol. The minimum Gasteiger partial charge on any atom is -0.496 e. The number of ether oxygens (including phenoxy) is 2. The van der Waals surface area contributed by atoms with Gasteiger partial charge in [-0.1, -0.05) is 17.7 Å². The van der Waals surface area contributed by atoms with E-state index in [0.29, 0.717) is 11.9 Å². The maximum absolute atomic E-state index is 15.0. The Bertz CT molecular complexity index is 1710. The van der Waals surface area contributed by atoms with Crippen LogP contribution in [0.4, 0.5) is 23.2 Å². The highest BCUT2D eigenvalue weighted by Crippen LogP contribution is 2.39. The van der Waals surface area contributed by atoms with E-state index in [1.807, 2.05) is 0 Å². The number of para-hydroxylation sites is 1. The van der Waals surface area contributed by atoms with E-state index in [4.69, 9.17) is 21.1 Å². The van der Waals surface area contributed by atoms with Gasteiger partial charge in [0.15, 0.2) is 5.82 Å². The molecule has 2 aromatic heterocycles. The number of pyridine rings is 1. The van der Waals surface area contributed by atoms with Crippen molar-refractivity contribution in [2.45, 2.75) is 12.6 Å². The van der Waals surface area contributed by atoms with Gasteiger partial charge in [0.1, 0.15) is 28.7 Å². The third-order valence-electron chi connectivity index (χ3n) is 5.86. The number of amides is 1. The topological polar surface area (TPSA) is 137 Å². The molecule has 1 amide bonds. The molecule has 2 heterocycles. The summed E-state index contributed by atoms with van der Waals surface area (Å²) in [7, 11) is 2.55. The van der Waals surface area contributed by atoms with Crippen LogP contribution < -0.4 is 20.1 Å². The lowest BCUT2D eigenvalue weighted by Crippen LogP contribution is -2.28. The van der Waals surface area contributed by atoms with E-state index in [1.54, 1.807) is 6.07 Å². The molecule has 4 aromatic rings. The number of alkyl halides is 3. The molecule has 0 aliphatic rings. The maximum atomic E-state index is 15.0. The fourth-order valence-corrected chi connectivity index (χ4v) is 4.17. The normalized spacial score (nSPS) is 11.2. The van der Waals surface area contributed by atoms with Crippen molar-refractivity contribution in [1.82, 2.24) is 20.2 Å². The third-order valence-corrected chi connectivity index (χ3v) is 6.17. The summed E-state index contributed by atoms with van der Waals surface area (Å²) in [5.74, 6) is -1.28. The number of benzene rings is 2. The van der Waals surface area contributed by atoms with Crippen molar-refractivity contribution < 1.29 is 31.8 Å². The zero-order valence-electron chi connectivity index (χ0n) is 21.3. The zero-order valence-corrected chi connectivity index (χ0v) is 22.0. The first-order chi connectivity index (χ1) is 19.4. The number of hydrogen-bond donors (Lipinski definition) is 2. The summed E-state index contributed by atoms with van der Waals surface area (Å²) in [6, 6.07) is 8.67. The van der Waals surface area contributed by atoms with E-state index in [9.17, 15) is 28.0 Å².